The van der Waals surface area contributed by atoms with Crippen molar-refractivity contribution in [2.45, 2.75) is 43.3 Å². The number of hydrogen-bond donors (Lipinski definition) is 2. The van der Waals surface area contributed by atoms with Gasteiger partial charge in [0.2, 0.25) is 10.0 Å². The highest BCUT2D eigenvalue weighted by atomic mass is 35.5. The molecule has 1 heterocycles. The van der Waals surface area contributed by atoms with Crippen LogP contribution in [0, 0.1) is 0 Å². The van der Waals surface area contributed by atoms with Gasteiger partial charge in [-0.1, -0.05) is 13.8 Å². The summed E-state index contributed by atoms with van der Waals surface area (Å²) in [5, 5.41) is 0. The molecular formula is C12H19ClF3N3O2S. The molecule has 10 heteroatoms. The molecule has 0 unspecified atom stereocenters. The van der Waals surface area contributed by atoms with Crippen LogP contribution in [0.1, 0.15) is 32.4 Å². The maximum absolute atomic E-state index is 12.4. The van der Waals surface area contributed by atoms with Gasteiger partial charge >= 0.3 is 6.18 Å². The van der Waals surface area contributed by atoms with Gasteiger partial charge in [-0.3, -0.25) is 4.98 Å². The molecular weight excluding hydrogens is 343 g/mol. The lowest BCUT2D eigenvalue weighted by Gasteiger charge is -2.30. The number of alkyl halides is 3. The molecule has 0 amide bonds. The quantitative estimate of drug-likeness (QED) is 0.814. The standard InChI is InChI=1S/C12H18F3N3O2S.ClH/c1-3-11(4-2,8-16)18-21(19,20)9-5-6-10(17-7-9)12(13,14)15;/h5-7,18H,3-4,8,16H2,1-2H3;1H. The molecule has 0 aliphatic rings. The summed E-state index contributed by atoms with van der Waals surface area (Å²) in [4.78, 5) is 2.82. The number of rotatable bonds is 6. The lowest BCUT2D eigenvalue weighted by atomic mass is 9.95. The first-order chi connectivity index (χ1) is 9.60. The van der Waals surface area contributed by atoms with Crippen LogP contribution < -0.4 is 10.5 Å². The zero-order valence-corrected chi connectivity index (χ0v) is 13.8. The molecule has 1 aromatic heterocycles. The van der Waals surface area contributed by atoms with Gasteiger partial charge in [-0.25, -0.2) is 13.1 Å². The van der Waals surface area contributed by atoms with E-state index in [2.05, 4.69) is 9.71 Å². The minimum atomic E-state index is -4.61. The second-order valence-electron chi connectivity index (χ2n) is 4.67. The lowest BCUT2D eigenvalue weighted by Crippen LogP contribution is -2.52. The van der Waals surface area contributed by atoms with E-state index >= 15 is 0 Å². The average Bonchev–Trinajstić information content (AvgIpc) is 2.44. The Morgan fingerprint density at radius 3 is 2.09 bits per heavy atom. The van der Waals surface area contributed by atoms with Gasteiger partial charge in [0.05, 0.1) is 0 Å². The number of aromatic nitrogens is 1. The van der Waals surface area contributed by atoms with Crippen molar-refractivity contribution in [1.82, 2.24) is 9.71 Å². The molecule has 0 bridgehead atoms. The number of nitrogens with two attached hydrogens (primary N) is 1. The third-order valence-corrected chi connectivity index (χ3v) is 5.00. The molecule has 1 aromatic rings. The molecule has 0 saturated carbocycles. The highest BCUT2D eigenvalue weighted by Crippen LogP contribution is 2.28. The normalized spacial score (nSPS) is 12.8. The monoisotopic (exact) mass is 361 g/mol. The molecule has 0 spiro atoms. The van der Waals surface area contributed by atoms with Crippen molar-refractivity contribution >= 4 is 22.4 Å². The van der Waals surface area contributed by atoms with Crippen molar-refractivity contribution in [1.29, 1.82) is 0 Å². The molecule has 5 nitrogen and oxygen atoms in total. The zero-order valence-electron chi connectivity index (χ0n) is 12.1. The molecule has 0 saturated heterocycles. The largest absolute Gasteiger partial charge is 0.433 e. The molecule has 1 rings (SSSR count). The van der Waals surface area contributed by atoms with Gasteiger partial charge in [0.15, 0.2) is 0 Å². The summed E-state index contributed by atoms with van der Waals surface area (Å²) in [5.41, 5.74) is 3.64. The fourth-order valence-electron chi connectivity index (χ4n) is 1.78. The summed E-state index contributed by atoms with van der Waals surface area (Å²) in [6.07, 6.45) is -2.98. The van der Waals surface area contributed by atoms with Crippen LogP contribution in [0.2, 0.25) is 0 Å². The second kappa shape index (κ2) is 7.58. The minimum Gasteiger partial charge on any atom is -0.329 e. The molecule has 22 heavy (non-hydrogen) atoms. The van der Waals surface area contributed by atoms with Crippen LogP contribution in [0.4, 0.5) is 13.2 Å². The zero-order chi connectivity index (χ0) is 16.3. The van der Waals surface area contributed by atoms with Crippen molar-refractivity contribution in [3.05, 3.63) is 24.0 Å². The average molecular weight is 362 g/mol. The maximum atomic E-state index is 12.4. The van der Waals surface area contributed by atoms with E-state index in [9.17, 15) is 21.6 Å². The first-order valence-corrected chi connectivity index (χ1v) is 7.86. The Balaban J connectivity index is 0.00000441. The van der Waals surface area contributed by atoms with E-state index in [4.69, 9.17) is 5.73 Å². The Bertz CT molecular complexity index is 564. The summed E-state index contributed by atoms with van der Waals surface area (Å²) in [6.45, 7) is 3.65. The number of pyridine rings is 1. The van der Waals surface area contributed by atoms with Gasteiger partial charge in [-0.05, 0) is 25.0 Å². The summed E-state index contributed by atoms with van der Waals surface area (Å²) < 4.78 is 64.1. The van der Waals surface area contributed by atoms with Crippen LogP contribution in [0.3, 0.4) is 0 Å². The van der Waals surface area contributed by atoms with Crippen molar-refractivity contribution in [3.63, 3.8) is 0 Å². The van der Waals surface area contributed by atoms with E-state index in [1.807, 2.05) is 0 Å². The molecule has 0 radical (unpaired) electrons. The molecule has 0 atom stereocenters. The van der Waals surface area contributed by atoms with Crippen LogP contribution in [-0.4, -0.2) is 25.5 Å². The second-order valence-corrected chi connectivity index (χ2v) is 6.36. The predicted octanol–water partition coefficient (Wildman–Crippen LogP) is 2.32. The van der Waals surface area contributed by atoms with E-state index in [1.165, 1.54) is 0 Å². The minimum absolute atomic E-state index is 0. The highest BCUT2D eigenvalue weighted by Gasteiger charge is 2.34. The molecule has 3 N–H and O–H groups in total. The lowest BCUT2D eigenvalue weighted by molar-refractivity contribution is -0.141. The first-order valence-electron chi connectivity index (χ1n) is 6.37. The van der Waals surface area contributed by atoms with Gasteiger partial charge in [-0.2, -0.15) is 13.2 Å². The van der Waals surface area contributed by atoms with Gasteiger partial charge < -0.3 is 5.73 Å². The van der Waals surface area contributed by atoms with E-state index in [-0.39, 0.29) is 23.8 Å². The first kappa shape index (κ1) is 21.1. The van der Waals surface area contributed by atoms with E-state index in [0.717, 1.165) is 6.07 Å². The smallest absolute Gasteiger partial charge is 0.329 e. The molecule has 0 aliphatic carbocycles. The molecule has 0 fully saturated rings. The van der Waals surface area contributed by atoms with Gasteiger partial charge in [0, 0.05) is 18.3 Å². The summed E-state index contributed by atoms with van der Waals surface area (Å²) in [6, 6.07) is 1.52. The van der Waals surface area contributed by atoms with E-state index in [0.29, 0.717) is 25.1 Å². The fraction of sp³-hybridized carbons (Fsp3) is 0.583. The van der Waals surface area contributed by atoms with E-state index < -0.39 is 27.4 Å². The van der Waals surface area contributed by atoms with Crippen LogP contribution in [-0.2, 0) is 16.2 Å². The van der Waals surface area contributed by atoms with Crippen LogP contribution in [0.5, 0.6) is 0 Å². The predicted molar refractivity (Wildman–Crippen MR) is 79.2 cm³/mol. The summed E-state index contributed by atoms with van der Waals surface area (Å²) in [5.74, 6) is 0. The van der Waals surface area contributed by atoms with Crippen molar-refractivity contribution in [3.8, 4) is 0 Å². The van der Waals surface area contributed by atoms with Gasteiger partial charge in [-0.15, -0.1) is 12.4 Å². The Morgan fingerprint density at radius 1 is 1.23 bits per heavy atom. The van der Waals surface area contributed by atoms with Crippen LogP contribution >= 0.6 is 12.4 Å². The van der Waals surface area contributed by atoms with Gasteiger partial charge in [0.25, 0.3) is 0 Å². The topological polar surface area (TPSA) is 85.1 Å². The summed E-state index contributed by atoms with van der Waals surface area (Å²) >= 11 is 0. The Labute approximate surface area is 134 Å². The number of sulfonamides is 1. The highest BCUT2D eigenvalue weighted by molar-refractivity contribution is 7.89. The summed E-state index contributed by atoms with van der Waals surface area (Å²) in [7, 11) is -3.98. The van der Waals surface area contributed by atoms with Crippen LogP contribution in [0.25, 0.3) is 0 Å². The van der Waals surface area contributed by atoms with E-state index in [1.54, 1.807) is 13.8 Å². The van der Waals surface area contributed by atoms with Crippen molar-refractivity contribution in [2.75, 3.05) is 6.54 Å². The Morgan fingerprint density at radius 2 is 1.77 bits per heavy atom. The molecule has 128 valence electrons. The SMILES string of the molecule is CCC(CC)(CN)NS(=O)(=O)c1ccc(C(F)(F)F)nc1.Cl. The number of nitrogens with one attached hydrogen (secondary N) is 1. The third-order valence-electron chi connectivity index (χ3n) is 3.43. The fourth-order valence-corrected chi connectivity index (χ4v) is 3.27. The van der Waals surface area contributed by atoms with Crippen molar-refractivity contribution < 1.29 is 21.6 Å². The number of halogens is 4. The molecule has 0 aliphatic heterocycles. The van der Waals surface area contributed by atoms with Crippen LogP contribution in [0.15, 0.2) is 23.2 Å². The molecule has 0 aromatic carbocycles. The third kappa shape index (κ3) is 4.80. The maximum Gasteiger partial charge on any atom is 0.433 e. The Kier molecular flexibility index (Phi) is 7.27. The number of nitrogens with zero attached hydrogens (tertiary/aromatic N) is 1. The Hall–Kier alpha value is -0.900. The number of hydrogen-bond acceptors (Lipinski definition) is 4. The van der Waals surface area contributed by atoms with Gasteiger partial charge in [0.1, 0.15) is 10.6 Å². The van der Waals surface area contributed by atoms with Crippen molar-refractivity contribution in [2.24, 2.45) is 5.73 Å².